The summed E-state index contributed by atoms with van der Waals surface area (Å²) in [6, 6.07) is 4.64. The molecule has 0 radical (unpaired) electrons. The third-order valence-electron chi connectivity index (χ3n) is 2.81. The van der Waals surface area contributed by atoms with Crippen LogP contribution in [-0.2, 0) is 6.18 Å². The highest BCUT2D eigenvalue weighted by molar-refractivity contribution is 6.31. The van der Waals surface area contributed by atoms with Crippen molar-refractivity contribution < 1.29 is 13.2 Å². The zero-order chi connectivity index (χ0) is 14.2. The minimum Gasteiger partial charge on any atom is -0.385 e. The summed E-state index contributed by atoms with van der Waals surface area (Å²) in [4.78, 5) is 3.71. The molecule has 0 saturated carbocycles. The summed E-state index contributed by atoms with van der Waals surface area (Å²) >= 11 is 5.90. The van der Waals surface area contributed by atoms with Crippen LogP contribution in [0, 0.1) is 6.92 Å². The minimum absolute atomic E-state index is 0.0871. The number of fused-ring (bicyclic) bond motifs is 1. The Bertz CT molecular complexity index is 623. The number of benzene rings is 1. The number of hydrogen-bond acceptors (Lipinski definition) is 2. The molecule has 0 amide bonds. The molecule has 0 saturated heterocycles. The molecule has 0 unspecified atom stereocenters. The molecule has 19 heavy (non-hydrogen) atoms. The van der Waals surface area contributed by atoms with E-state index in [9.17, 15) is 13.2 Å². The molecular formula is C13H12ClF3N2. The molecular weight excluding hydrogens is 277 g/mol. The predicted octanol–water partition coefficient (Wildman–Crippen LogP) is 4.65. The van der Waals surface area contributed by atoms with E-state index in [1.165, 1.54) is 19.1 Å². The first-order valence-electron chi connectivity index (χ1n) is 5.75. The van der Waals surface area contributed by atoms with Crippen LogP contribution in [0.4, 0.5) is 18.9 Å². The van der Waals surface area contributed by atoms with Crippen LogP contribution >= 0.6 is 11.6 Å². The number of alkyl halides is 3. The number of pyridine rings is 1. The highest BCUT2D eigenvalue weighted by atomic mass is 35.5. The van der Waals surface area contributed by atoms with Gasteiger partial charge in [0, 0.05) is 28.2 Å². The summed E-state index contributed by atoms with van der Waals surface area (Å²) in [5.74, 6) is 0. The third-order valence-corrected chi connectivity index (χ3v) is 3.05. The van der Waals surface area contributed by atoms with Gasteiger partial charge >= 0.3 is 6.18 Å². The van der Waals surface area contributed by atoms with Crippen LogP contribution in [0.5, 0.6) is 0 Å². The SMILES string of the molecule is CCNc1c(C)c(C(F)(F)F)nc2ccc(Cl)cc12. The van der Waals surface area contributed by atoms with E-state index >= 15 is 0 Å². The second-order valence-electron chi connectivity index (χ2n) is 4.15. The number of nitrogens with zero attached hydrogens (tertiary/aromatic N) is 1. The van der Waals surface area contributed by atoms with Gasteiger partial charge in [-0.2, -0.15) is 13.2 Å². The number of nitrogens with one attached hydrogen (secondary N) is 1. The molecule has 1 N–H and O–H groups in total. The van der Waals surface area contributed by atoms with E-state index in [1.54, 1.807) is 6.07 Å². The maximum atomic E-state index is 13.0. The highest BCUT2D eigenvalue weighted by Gasteiger charge is 2.36. The van der Waals surface area contributed by atoms with Crippen molar-refractivity contribution in [1.29, 1.82) is 0 Å². The number of rotatable bonds is 2. The molecule has 1 aromatic carbocycles. The molecule has 102 valence electrons. The fourth-order valence-electron chi connectivity index (χ4n) is 2.01. The van der Waals surface area contributed by atoms with E-state index in [1.807, 2.05) is 6.92 Å². The molecule has 0 spiro atoms. The summed E-state index contributed by atoms with van der Waals surface area (Å²) in [6.07, 6.45) is -4.47. The lowest BCUT2D eigenvalue weighted by atomic mass is 10.1. The van der Waals surface area contributed by atoms with Crippen LogP contribution in [0.3, 0.4) is 0 Å². The van der Waals surface area contributed by atoms with Crippen molar-refractivity contribution in [1.82, 2.24) is 4.98 Å². The molecule has 2 nitrogen and oxygen atoms in total. The van der Waals surface area contributed by atoms with Gasteiger partial charge in [-0.05, 0) is 32.0 Å². The number of hydrogen-bond donors (Lipinski definition) is 1. The number of halogens is 4. The molecule has 0 atom stereocenters. The zero-order valence-corrected chi connectivity index (χ0v) is 11.2. The van der Waals surface area contributed by atoms with Gasteiger partial charge in [-0.25, -0.2) is 4.98 Å². The van der Waals surface area contributed by atoms with E-state index in [4.69, 9.17) is 11.6 Å². The van der Waals surface area contributed by atoms with Crippen LogP contribution in [0.1, 0.15) is 18.2 Å². The summed E-state index contributed by atoms with van der Waals surface area (Å²) in [6.45, 7) is 3.75. The Labute approximate surface area is 113 Å². The molecule has 1 heterocycles. The van der Waals surface area contributed by atoms with Gasteiger partial charge in [-0.15, -0.1) is 0 Å². The van der Waals surface area contributed by atoms with Crippen LogP contribution < -0.4 is 5.32 Å². The van der Waals surface area contributed by atoms with Crippen LogP contribution in [0.25, 0.3) is 10.9 Å². The topological polar surface area (TPSA) is 24.9 Å². The van der Waals surface area contributed by atoms with Gasteiger partial charge in [0.05, 0.1) is 5.52 Å². The minimum atomic E-state index is -4.47. The molecule has 0 fully saturated rings. The molecule has 2 aromatic rings. The number of aromatic nitrogens is 1. The fraction of sp³-hybridized carbons (Fsp3) is 0.308. The predicted molar refractivity (Wildman–Crippen MR) is 70.7 cm³/mol. The molecule has 2 rings (SSSR count). The Hall–Kier alpha value is -1.49. The van der Waals surface area contributed by atoms with Crippen molar-refractivity contribution in [2.75, 3.05) is 11.9 Å². The van der Waals surface area contributed by atoms with Crippen LogP contribution in [-0.4, -0.2) is 11.5 Å². The first-order valence-corrected chi connectivity index (χ1v) is 6.13. The van der Waals surface area contributed by atoms with E-state index in [2.05, 4.69) is 10.3 Å². The standard InChI is InChI=1S/C13H12ClF3N2/c1-3-18-11-7(2)12(13(15,16)17)19-10-5-4-8(14)6-9(10)11/h4-6H,3H2,1-2H3,(H,18,19). The molecule has 6 heteroatoms. The second kappa shape index (κ2) is 4.89. The maximum Gasteiger partial charge on any atom is 0.433 e. The van der Waals surface area contributed by atoms with Gasteiger partial charge in [-0.3, -0.25) is 0 Å². The fourth-order valence-corrected chi connectivity index (χ4v) is 2.18. The molecule has 1 aromatic heterocycles. The van der Waals surface area contributed by atoms with Crippen molar-refractivity contribution in [3.8, 4) is 0 Å². The Morgan fingerprint density at radius 3 is 2.58 bits per heavy atom. The summed E-state index contributed by atoms with van der Waals surface area (Å²) in [5, 5.41) is 4.02. The van der Waals surface area contributed by atoms with E-state index in [-0.39, 0.29) is 11.1 Å². The highest BCUT2D eigenvalue weighted by Crippen LogP contribution is 2.37. The first kappa shape index (κ1) is 13.9. The summed E-state index contributed by atoms with van der Waals surface area (Å²) in [5.41, 5.74) is -0.0667. The summed E-state index contributed by atoms with van der Waals surface area (Å²) < 4.78 is 38.9. The van der Waals surface area contributed by atoms with Crippen molar-refractivity contribution in [3.05, 3.63) is 34.5 Å². The van der Waals surface area contributed by atoms with Gasteiger partial charge in [-0.1, -0.05) is 11.6 Å². The normalized spacial score (nSPS) is 11.9. The van der Waals surface area contributed by atoms with Crippen molar-refractivity contribution in [2.24, 2.45) is 0 Å². The third kappa shape index (κ3) is 2.61. The lowest BCUT2D eigenvalue weighted by molar-refractivity contribution is -0.141. The van der Waals surface area contributed by atoms with Crippen LogP contribution in [0.2, 0.25) is 5.02 Å². The maximum absolute atomic E-state index is 13.0. The molecule has 0 aliphatic rings. The van der Waals surface area contributed by atoms with E-state index in [0.29, 0.717) is 22.6 Å². The number of anilines is 1. The lowest BCUT2D eigenvalue weighted by Gasteiger charge is -2.17. The summed E-state index contributed by atoms with van der Waals surface area (Å²) in [7, 11) is 0. The van der Waals surface area contributed by atoms with Crippen molar-refractivity contribution in [3.63, 3.8) is 0 Å². The lowest BCUT2D eigenvalue weighted by Crippen LogP contribution is -2.13. The molecule has 0 bridgehead atoms. The van der Waals surface area contributed by atoms with Crippen molar-refractivity contribution >= 4 is 28.2 Å². The van der Waals surface area contributed by atoms with E-state index < -0.39 is 11.9 Å². The average molecular weight is 289 g/mol. The zero-order valence-electron chi connectivity index (χ0n) is 10.4. The Balaban J connectivity index is 2.82. The van der Waals surface area contributed by atoms with Gasteiger partial charge in [0.25, 0.3) is 0 Å². The first-order chi connectivity index (χ1) is 8.84. The Morgan fingerprint density at radius 1 is 1.32 bits per heavy atom. The van der Waals surface area contributed by atoms with Gasteiger partial charge < -0.3 is 5.32 Å². The van der Waals surface area contributed by atoms with Gasteiger partial charge in [0.2, 0.25) is 0 Å². The van der Waals surface area contributed by atoms with Crippen LogP contribution in [0.15, 0.2) is 18.2 Å². The van der Waals surface area contributed by atoms with E-state index in [0.717, 1.165) is 0 Å². The Morgan fingerprint density at radius 2 is 2.00 bits per heavy atom. The quantitative estimate of drug-likeness (QED) is 0.870. The average Bonchev–Trinajstić information content (AvgIpc) is 2.31. The molecule has 0 aliphatic heterocycles. The molecule has 0 aliphatic carbocycles. The Kier molecular flexibility index (Phi) is 3.58. The van der Waals surface area contributed by atoms with Gasteiger partial charge in [0.15, 0.2) is 0 Å². The smallest absolute Gasteiger partial charge is 0.385 e. The monoisotopic (exact) mass is 288 g/mol. The van der Waals surface area contributed by atoms with Gasteiger partial charge in [0.1, 0.15) is 5.69 Å². The second-order valence-corrected chi connectivity index (χ2v) is 4.59. The van der Waals surface area contributed by atoms with Crippen molar-refractivity contribution in [2.45, 2.75) is 20.0 Å². The largest absolute Gasteiger partial charge is 0.433 e.